The van der Waals surface area contributed by atoms with Crippen LogP contribution in [0, 0.1) is 0 Å². The van der Waals surface area contributed by atoms with E-state index >= 15 is 0 Å². The summed E-state index contributed by atoms with van der Waals surface area (Å²) in [6.45, 7) is 5.66. The van der Waals surface area contributed by atoms with Crippen molar-refractivity contribution in [3.05, 3.63) is 34.3 Å². The van der Waals surface area contributed by atoms with Gasteiger partial charge in [-0.25, -0.2) is 4.79 Å². The van der Waals surface area contributed by atoms with E-state index in [4.69, 9.17) is 4.74 Å². The van der Waals surface area contributed by atoms with Crippen molar-refractivity contribution in [2.45, 2.75) is 44.8 Å². The minimum absolute atomic E-state index is 0.206. The monoisotopic (exact) mass is 325 g/mol. The molecule has 0 spiro atoms. The Morgan fingerprint density at radius 2 is 1.89 bits per heavy atom. The summed E-state index contributed by atoms with van der Waals surface area (Å²) in [5.41, 5.74) is 0.487. The highest BCUT2D eigenvalue weighted by molar-refractivity contribution is 9.10. The van der Waals surface area contributed by atoms with Crippen molar-refractivity contribution < 1.29 is 9.53 Å². The van der Waals surface area contributed by atoms with Gasteiger partial charge in [0, 0.05) is 11.5 Å². The molecule has 0 heterocycles. The first-order valence-electron chi connectivity index (χ1n) is 6.48. The SMILES string of the molecule is CN(C(=O)OC(C)(C)C)C1(c2ccccc2Br)CC1. The van der Waals surface area contributed by atoms with Crippen LogP contribution in [0.3, 0.4) is 0 Å². The van der Waals surface area contributed by atoms with Crippen LogP contribution in [0.5, 0.6) is 0 Å². The van der Waals surface area contributed by atoms with E-state index in [1.54, 1.807) is 4.90 Å². The molecule has 0 bridgehead atoms. The van der Waals surface area contributed by atoms with Gasteiger partial charge in [-0.3, -0.25) is 0 Å². The molecule has 0 radical (unpaired) electrons. The van der Waals surface area contributed by atoms with E-state index in [1.807, 2.05) is 46.0 Å². The molecule has 1 aromatic rings. The third kappa shape index (κ3) is 2.94. The Morgan fingerprint density at radius 1 is 1.32 bits per heavy atom. The summed E-state index contributed by atoms with van der Waals surface area (Å²) in [6, 6.07) is 8.07. The summed E-state index contributed by atoms with van der Waals surface area (Å²) < 4.78 is 6.50. The lowest BCUT2D eigenvalue weighted by Crippen LogP contribution is -2.41. The van der Waals surface area contributed by atoms with Crippen molar-refractivity contribution in [1.29, 1.82) is 0 Å². The second kappa shape index (κ2) is 4.82. The fraction of sp³-hybridized carbons (Fsp3) is 0.533. The topological polar surface area (TPSA) is 29.5 Å². The molecule has 1 amide bonds. The normalized spacial score (nSPS) is 16.9. The van der Waals surface area contributed by atoms with Gasteiger partial charge >= 0.3 is 6.09 Å². The molecule has 19 heavy (non-hydrogen) atoms. The lowest BCUT2D eigenvalue weighted by Gasteiger charge is -2.31. The predicted octanol–water partition coefficient (Wildman–Crippen LogP) is 4.31. The summed E-state index contributed by atoms with van der Waals surface area (Å²) in [7, 11) is 1.82. The summed E-state index contributed by atoms with van der Waals surface area (Å²) in [6.07, 6.45) is 1.69. The number of ether oxygens (including phenoxy) is 1. The second-order valence-electron chi connectivity index (χ2n) is 6.05. The predicted molar refractivity (Wildman–Crippen MR) is 79.1 cm³/mol. The van der Waals surface area contributed by atoms with Gasteiger partial charge in [0.1, 0.15) is 5.60 Å². The van der Waals surface area contributed by atoms with E-state index in [1.165, 1.54) is 0 Å². The van der Waals surface area contributed by atoms with Gasteiger partial charge in [0.2, 0.25) is 0 Å². The molecule has 0 aliphatic heterocycles. The molecule has 0 unspecified atom stereocenters. The van der Waals surface area contributed by atoms with Crippen LogP contribution in [0.1, 0.15) is 39.2 Å². The van der Waals surface area contributed by atoms with Crippen LogP contribution >= 0.6 is 15.9 Å². The summed E-state index contributed by atoms with van der Waals surface area (Å²) >= 11 is 3.57. The highest BCUT2D eigenvalue weighted by atomic mass is 79.9. The first-order chi connectivity index (χ1) is 8.76. The first kappa shape index (κ1) is 14.4. The third-order valence-corrected chi connectivity index (χ3v) is 4.10. The number of rotatable bonds is 2. The molecule has 2 rings (SSSR count). The zero-order valence-electron chi connectivity index (χ0n) is 11.9. The van der Waals surface area contributed by atoms with Crippen molar-refractivity contribution in [2.75, 3.05) is 7.05 Å². The van der Waals surface area contributed by atoms with Crippen LogP contribution in [0.15, 0.2) is 28.7 Å². The molecular formula is C15H20BrNO2. The molecule has 1 aliphatic carbocycles. The van der Waals surface area contributed by atoms with E-state index in [-0.39, 0.29) is 11.6 Å². The molecule has 104 valence electrons. The molecule has 3 nitrogen and oxygen atoms in total. The van der Waals surface area contributed by atoms with E-state index in [2.05, 4.69) is 22.0 Å². The zero-order chi connectivity index (χ0) is 14.3. The van der Waals surface area contributed by atoms with Gasteiger partial charge in [0.25, 0.3) is 0 Å². The average Bonchev–Trinajstić information content (AvgIpc) is 3.07. The first-order valence-corrected chi connectivity index (χ1v) is 7.27. The van der Waals surface area contributed by atoms with Crippen molar-refractivity contribution >= 4 is 22.0 Å². The molecule has 0 N–H and O–H groups in total. The maximum atomic E-state index is 12.2. The van der Waals surface area contributed by atoms with Crippen molar-refractivity contribution in [1.82, 2.24) is 4.90 Å². The quantitative estimate of drug-likeness (QED) is 0.811. The summed E-state index contributed by atoms with van der Waals surface area (Å²) in [5.74, 6) is 0. The molecule has 0 atom stereocenters. The smallest absolute Gasteiger partial charge is 0.410 e. The van der Waals surface area contributed by atoms with Gasteiger partial charge in [-0.1, -0.05) is 34.1 Å². The Kier molecular flexibility index (Phi) is 3.65. The fourth-order valence-corrected chi connectivity index (χ4v) is 2.90. The van der Waals surface area contributed by atoms with Gasteiger partial charge in [-0.2, -0.15) is 0 Å². The van der Waals surface area contributed by atoms with E-state index < -0.39 is 5.60 Å². The highest BCUT2D eigenvalue weighted by Gasteiger charge is 2.51. The van der Waals surface area contributed by atoms with Crippen LogP contribution in [-0.4, -0.2) is 23.6 Å². The minimum atomic E-state index is -0.463. The van der Waals surface area contributed by atoms with Gasteiger partial charge < -0.3 is 9.64 Å². The summed E-state index contributed by atoms with van der Waals surface area (Å²) in [4.78, 5) is 14.0. The largest absolute Gasteiger partial charge is 0.444 e. The Morgan fingerprint density at radius 3 is 2.37 bits per heavy atom. The van der Waals surface area contributed by atoms with E-state index in [0.29, 0.717) is 0 Å². The van der Waals surface area contributed by atoms with Crippen LogP contribution < -0.4 is 0 Å². The zero-order valence-corrected chi connectivity index (χ0v) is 13.5. The average molecular weight is 326 g/mol. The number of benzene rings is 1. The number of hydrogen-bond donors (Lipinski definition) is 0. The molecular weight excluding hydrogens is 306 g/mol. The van der Waals surface area contributed by atoms with Crippen LogP contribution in [-0.2, 0) is 10.3 Å². The van der Waals surface area contributed by atoms with Crippen LogP contribution in [0.25, 0.3) is 0 Å². The molecule has 0 saturated heterocycles. The molecule has 1 aromatic carbocycles. The minimum Gasteiger partial charge on any atom is -0.444 e. The van der Waals surface area contributed by atoms with Gasteiger partial charge in [-0.05, 0) is 45.2 Å². The Balaban J connectivity index is 2.22. The molecule has 0 aromatic heterocycles. The lowest BCUT2D eigenvalue weighted by atomic mass is 10.0. The van der Waals surface area contributed by atoms with E-state index in [9.17, 15) is 4.79 Å². The number of halogens is 1. The Hall–Kier alpha value is -1.03. The molecule has 1 aliphatic rings. The van der Waals surface area contributed by atoms with Crippen LogP contribution in [0.2, 0.25) is 0 Å². The second-order valence-corrected chi connectivity index (χ2v) is 6.91. The number of carbonyl (C=O) groups is 1. The number of amides is 1. The Bertz CT molecular complexity index is 489. The van der Waals surface area contributed by atoms with Crippen molar-refractivity contribution in [2.24, 2.45) is 0 Å². The summed E-state index contributed by atoms with van der Waals surface area (Å²) in [5, 5.41) is 0. The number of nitrogens with zero attached hydrogens (tertiary/aromatic N) is 1. The molecule has 1 saturated carbocycles. The van der Waals surface area contributed by atoms with E-state index in [0.717, 1.165) is 22.9 Å². The van der Waals surface area contributed by atoms with Gasteiger partial charge in [0.05, 0.1) is 5.54 Å². The van der Waals surface area contributed by atoms with Gasteiger partial charge in [-0.15, -0.1) is 0 Å². The fourth-order valence-electron chi connectivity index (χ4n) is 2.25. The third-order valence-electron chi connectivity index (χ3n) is 3.41. The highest BCUT2D eigenvalue weighted by Crippen LogP contribution is 2.52. The van der Waals surface area contributed by atoms with Crippen molar-refractivity contribution in [3.8, 4) is 0 Å². The Labute approximate surface area is 123 Å². The maximum Gasteiger partial charge on any atom is 0.410 e. The van der Waals surface area contributed by atoms with Crippen molar-refractivity contribution in [3.63, 3.8) is 0 Å². The van der Waals surface area contributed by atoms with Gasteiger partial charge in [0.15, 0.2) is 0 Å². The molecule has 1 fully saturated rings. The standard InChI is InChI=1S/C15H20BrNO2/c1-14(2,3)19-13(18)17(4)15(9-10-15)11-7-5-6-8-12(11)16/h5-8H,9-10H2,1-4H3. The van der Waals surface area contributed by atoms with Crippen LogP contribution in [0.4, 0.5) is 4.79 Å². The molecule has 4 heteroatoms. The number of hydrogen-bond acceptors (Lipinski definition) is 2. The number of carbonyl (C=O) groups excluding carboxylic acids is 1. The lowest BCUT2D eigenvalue weighted by molar-refractivity contribution is 0.0189. The maximum absolute atomic E-state index is 12.2.